The van der Waals surface area contributed by atoms with Gasteiger partial charge in [0.2, 0.25) is 5.91 Å². The summed E-state index contributed by atoms with van der Waals surface area (Å²) >= 11 is 6.59. The molecule has 1 fully saturated rings. The molecule has 46 heavy (non-hydrogen) atoms. The van der Waals surface area contributed by atoms with Crippen molar-refractivity contribution >= 4 is 35.3 Å². The van der Waals surface area contributed by atoms with Crippen LogP contribution in [0.15, 0.2) is 60.9 Å². The molecular formula is C34H38ClN5O6. The van der Waals surface area contributed by atoms with Gasteiger partial charge in [-0.2, -0.15) is 0 Å². The Hall–Kier alpha value is -4.48. The highest BCUT2D eigenvalue weighted by molar-refractivity contribution is 6.32. The first-order chi connectivity index (χ1) is 21.8. The lowest BCUT2D eigenvalue weighted by Crippen LogP contribution is -2.55. The molecule has 0 bridgehead atoms. The van der Waals surface area contributed by atoms with Crippen molar-refractivity contribution in [3.05, 3.63) is 82.7 Å². The molecule has 0 spiro atoms. The molecule has 2 aliphatic heterocycles. The molecular weight excluding hydrogens is 610 g/mol. The number of carbonyl (C=O) groups is 3. The van der Waals surface area contributed by atoms with E-state index in [2.05, 4.69) is 20.6 Å². The third kappa shape index (κ3) is 8.21. The molecule has 1 atom stereocenters. The molecule has 242 valence electrons. The Kier molecular flexibility index (Phi) is 9.64. The van der Waals surface area contributed by atoms with Crippen LogP contribution in [0.3, 0.4) is 0 Å². The first kappa shape index (κ1) is 32.9. The van der Waals surface area contributed by atoms with Gasteiger partial charge >= 0.3 is 6.09 Å². The Bertz CT molecular complexity index is 1630. The highest BCUT2D eigenvalue weighted by atomic mass is 35.5. The van der Waals surface area contributed by atoms with Crippen LogP contribution in [0.4, 0.5) is 10.6 Å². The van der Waals surface area contributed by atoms with Crippen molar-refractivity contribution in [3.8, 4) is 17.0 Å². The van der Waals surface area contributed by atoms with Crippen molar-refractivity contribution in [3.63, 3.8) is 0 Å². The number of hydrogen-bond donors (Lipinski definition) is 2. The molecule has 1 aromatic carbocycles. The number of nitrogens with zero attached hydrogens (tertiary/aromatic N) is 3. The Balaban J connectivity index is 1.14. The molecule has 5 rings (SSSR count). The third-order valence-electron chi connectivity index (χ3n) is 7.39. The molecule has 2 aromatic heterocycles. The number of benzene rings is 1. The minimum absolute atomic E-state index is 0.0754. The zero-order valence-electron chi connectivity index (χ0n) is 26.6. The van der Waals surface area contributed by atoms with Gasteiger partial charge in [-0.05, 0) is 76.6 Å². The van der Waals surface area contributed by atoms with Crippen molar-refractivity contribution in [1.82, 2.24) is 20.2 Å². The van der Waals surface area contributed by atoms with Gasteiger partial charge in [0.25, 0.3) is 5.91 Å². The molecule has 1 unspecified atom stereocenters. The fraction of sp³-hybridized carbons (Fsp3) is 0.382. The van der Waals surface area contributed by atoms with Crippen molar-refractivity contribution in [2.45, 2.75) is 64.8 Å². The molecule has 2 aliphatic rings. The van der Waals surface area contributed by atoms with Crippen LogP contribution < -0.4 is 15.4 Å². The van der Waals surface area contributed by atoms with E-state index in [1.54, 1.807) is 63.5 Å². The minimum Gasteiger partial charge on any atom is -0.484 e. The first-order valence-electron chi connectivity index (χ1n) is 15.0. The number of ether oxygens (including phenoxy) is 3. The summed E-state index contributed by atoms with van der Waals surface area (Å²) in [7, 11) is 0. The molecule has 0 radical (unpaired) electrons. The van der Waals surface area contributed by atoms with Crippen LogP contribution in [0.25, 0.3) is 11.3 Å². The van der Waals surface area contributed by atoms with Crippen LogP contribution in [-0.2, 0) is 27.2 Å². The topological polar surface area (TPSA) is 132 Å². The Morgan fingerprint density at radius 2 is 1.93 bits per heavy atom. The van der Waals surface area contributed by atoms with Crippen molar-refractivity contribution in [1.29, 1.82) is 0 Å². The van der Waals surface area contributed by atoms with Gasteiger partial charge in [-0.25, -0.2) is 9.78 Å². The van der Waals surface area contributed by atoms with Gasteiger partial charge in [0.1, 0.15) is 23.3 Å². The number of carbonyl (C=O) groups excluding carboxylic acids is 3. The summed E-state index contributed by atoms with van der Waals surface area (Å²) in [6.45, 7) is 11.1. The van der Waals surface area contributed by atoms with Crippen molar-refractivity contribution < 1.29 is 28.6 Å². The summed E-state index contributed by atoms with van der Waals surface area (Å²) in [5.74, 6) is 0.558. The van der Waals surface area contributed by atoms with Crippen LogP contribution in [0.2, 0.25) is 5.02 Å². The second kappa shape index (κ2) is 13.5. The van der Waals surface area contributed by atoms with Gasteiger partial charge in [-0.15, -0.1) is 0 Å². The van der Waals surface area contributed by atoms with Gasteiger partial charge in [0.05, 0.1) is 35.0 Å². The average Bonchev–Trinajstić information content (AvgIpc) is 3.42. The lowest BCUT2D eigenvalue weighted by molar-refractivity contribution is -0.116. The summed E-state index contributed by atoms with van der Waals surface area (Å²) in [5, 5.41) is 5.83. The van der Waals surface area contributed by atoms with E-state index in [0.717, 1.165) is 16.7 Å². The van der Waals surface area contributed by atoms with Crippen LogP contribution in [0, 0.1) is 0 Å². The zero-order valence-corrected chi connectivity index (χ0v) is 27.3. The van der Waals surface area contributed by atoms with Gasteiger partial charge in [-0.3, -0.25) is 19.9 Å². The standard InChI is InChI=1S/C34H38ClN5O6/c1-33(2,3)46-32(43)39-28-10-6-21(17-37-28)18-38-29(41)11-8-25-15-24-14-23(16-26(35)30(24)45-25)27-9-7-22(19-36-27)31(42)40-12-13-44-20-34(40,4)5/h6-11,14,16-17,19,25H,12-13,15,18,20H2,1-5H3,(H,38,41)(H,37,39,43)/b11-8+. The van der Waals surface area contributed by atoms with Crippen molar-refractivity contribution in [2.75, 3.05) is 25.1 Å². The van der Waals surface area contributed by atoms with Gasteiger partial charge < -0.3 is 24.4 Å². The molecule has 1 saturated heterocycles. The number of hydrogen-bond acceptors (Lipinski definition) is 8. The predicted molar refractivity (Wildman–Crippen MR) is 174 cm³/mol. The Morgan fingerprint density at radius 1 is 1.13 bits per heavy atom. The number of fused-ring (bicyclic) bond motifs is 1. The largest absolute Gasteiger partial charge is 0.484 e. The van der Waals surface area contributed by atoms with E-state index in [1.165, 1.54) is 6.08 Å². The molecule has 12 heteroatoms. The summed E-state index contributed by atoms with van der Waals surface area (Å²) in [5.41, 5.74) is 2.67. The minimum atomic E-state index is -0.612. The van der Waals surface area contributed by atoms with Crippen LogP contribution in [0.5, 0.6) is 5.75 Å². The molecule has 0 saturated carbocycles. The van der Waals surface area contributed by atoms with E-state index in [4.69, 9.17) is 25.8 Å². The van der Waals surface area contributed by atoms with E-state index in [0.29, 0.717) is 54.0 Å². The number of aromatic nitrogens is 2. The van der Waals surface area contributed by atoms with E-state index in [-0.39, 0.29) is 30.0 Å². The first-order valence-corrected chi connectivity index (χ1v) is 15.4. The van der Waals surface area contributed by atoms with Gasteiger partial charge in [0, 0.05) is 49.1 Å². The lowest BCUT2D eigenvalue weighted by Gasteiger charge is -2.42. The molecule has 3 amide bonds. The monoisotopic (exact) mass is 647 g/mol. The fourth-order valence-electron chi connectivity index (χ4n) is 5.13. The number of nitrogens with one attached hydrogen (secondary N) is 2. The maximum Gasteiger partial charge on any atom is 0.413 e. The number of halogens is 1. The second-order valence-corrected chi connectivity index (χ2v) is 13.2. The third-order valence-corrected chi connectivity index (χ3v) is 7.67. The number of morpholine rings is 1. The highest BCUT2D eigenvalue weighted by Gasteiger charge is 2.34. The average molecular weight is 648 g/mol. The van der Waals surface area contributed by atoms with E-state index >= 15 is 0 Å². The summed E-state index contributed by atoms with van der Waals surface area (Å²) in [6, 6.07) is 10.7. The second-order valence-electron chi connectivity index (χ2n) is 12.8. The molecule has 0 aliphatic carbocycles. The summed E-state index contributed by atoms with van der Waals surface area (Å²) in [6.07, 6.45) is 5.87. The number of rotatable bonds is 7. The number of anilines is 1. The highest BCUT2D eigenvalue weighted by Crippen LogP contribution is 2.39. The molecule has 4 heterocycles. The Labute approximate surface area is 273 Å². The predicted octanol–water partition coefficient (Wildman–Crippen LogP) is 5.57. The van der Waals surface area contributed by atoms with Crippen molar-refractivity contribution in [2.24, 2.45) is 0 Å². The van der Waals surface area contributed by atoms with E-state index < -0.39 is 11.7 Å². The van der Waals surface area contributed by atoms with Gasteiger partial charge in [0.15, 0.2) is 0 Å². The zero-order chi connectivity index (χ0) is 33.1. The number of pyridine rings is 2. The lowest BCUT2D eigenvalue weighted by atomic mass is 10.0. The normalized spacial score (nSPS) is 17.3. The van der Waals surface area contributed by atoms with Crippen LogP contribution in [-0.4, -0.2) is 69.8 Å². The SMILES string of the molecule is CC(C)(C)OC(=O)Nc1ccc(CNC(=O)/C=C/C2Cc3cc(-c4ccc(C(=O)N5CCOCC5(C)C)cn4)cc(Cl)c3O2)cn1. The van der Waals surface area contributed by atoms with Crippen LogP contribution in [0.1, 0.15) is 56.1 Å². The Morgan fingerprint density at radius 3 is 2.61 bits per heavy atom. The smallest absolute Gasteiger partial charge is 0.413 e. The van der Waals surface area contributed by atoms with E-state index in [9.17, 15) is 14.4 Å². The fourth-order valence-corrected chi connectivity index (χ4v) is 5.42. The molecule has 2 N–H and O–H groups in total. The quantitative estimate of drug-likeness (QED) is 0.318. The summed E-state index contributed by atoms with van der Waals surface area (Å²) in [4.78, 5) is 48.1. The number of amides is 3. The maximum absolute atomic E-state index is 13.1. The maximum atomic E-state index is 13.1. The molecule has 11 nitrogen and oxygen atoms in total. The van der Waals surface area contributed by atoms with Crippen LogP contribution >= 0.6 is 11.6 Å². The van der Waals surface area contributed by atoms with Gasteiger partial charge in [-0.1, -0.05) is 17.7 Å². The molecule has 3 aromatic rings. The van der Waals surface area contributed by atoms with E-state index in [1.807, 2.05) is 30.9 Å². The summed E-state index contributed by atoms with van der Waals surface area (Å²) < 4.78 is 16.8.